The summed E-state index contributed by atoms with van der Waals surface area (Å²) in [5.74, 6) is 0.0128. The predicted octanol–water partition coefficient (Wildman–Crippen LogP) is 3.40. The van der Waals surface area contributed by atoms with Crippen LogP contribution in [-0.4, -0.2) is 60.4 Å². The number of carbonyl (C=O) groups excluding carboxylic acids is 3. The van der Waals surface area contributed by atoms with Gasteiger partial charge in [-0.2, -0.15) is 0 Å². The summed E-state index contributed by atoms with van der Waals surface area (Å²) in [6.07, 6.45) is 2.75. The predicted molar refractivity (Wildman–Crippen MR) is 143 cm³/mol. The lowest BCUT2D eigenvalue weighted by Gasteiger charge is -2.38. The van der Waals surface area contributed by atoms with Gasteiger partial charge in [0.2, 0.25) is 11.8 Å². The molecule has 0 radical (unpaired) electrons. The SMILES string of the molecule is CN[C@@H](C)C(=O)N[C@H](C(=O)N1CC[C@H]2CC[C@H](NC(=O)c3ccc(C)c4ccccc34)[C@H]21)C(C)(C)C. The number of hydrogen-bond acceptors (Lipinski definition) is 4. The van der Waals surface area contributed by atoms with E-state index >= 15 is 0 Å². The average Bonchev–Trinajstić information content (AvgIpc) is 3.44. The maximum Gasteiger partial charge on any atom is 0.252 e. The topological polar surface area (TPSA) is 90.5 Å². The highest BCUT2D eigenvalue weighted by molar-refractivity contribution is 6.08. The van der Waals surface area contributed by atoms with Gasteiger partial charge in [0.1, 0.15) is 6.04 Å². The van der Waals surface area contributed by atoms with Gasteiger partial charge < -0.3 is 20.9 Å². The minimum atomic E-state index is -0.641. The van der Waals surface area contributed by atoms with E-state index < -0.39 is 17.5 Å². The van der Waals surface area contributed by atoms with Gasteiger partial charge in [-0.05, 0) is 73.9 Å². The van der Waals surface area contributed by atoms with E-state index in [-0.39, 0.29) is 29.8 Å². The van der Waals surface area contributed by atoms with E-state index in [1.165, 1.54) is 0 Å². The Morgan fingerprint density at radius 3 is 2.36 bits per heavy atom. The van der Waals surface area contributed by atoms with Crippen LogP contribution in [0.15, 0.2) is 36.4 Å². The molecule has 2 aromatic carbocycles. The van der Waals surface area contributed by atoms with Crippen LogP contribution in [0.1, 0.15) is 62.9 Å². The Hall–Kier alpha value is -2.93. The molecule has 36 heavy (non-hydrogen) atoms. The number of nitrogens with zero attached hydrogens (tertiary/aromatic N) is 1. The lowest BCUT2D eigenvalue weighted by atomic mass is 9.85. The second kappa shape index (κ2) is 10.2. The van der Waals surface area contributed by atoms with Gasteiger partial charge in [-0.25, -0.2) is 0 Å². The molecule has 1 saturated heterocycles. The van der Waals surface area contributed by atoms with Gasteiger partial charge in [0.05, 0.1) is 12.1 Å². The van der Waals surface area contributed by atoms with E-state index in [0.717, 1.165) is 35.6 Å². The lowest BCUT2D eigenvalue weighted by molar-refractivity contribution is -0.141. The van der Waals surface area contributed by atoms with Crippen LogP contribution in [0.5, 0.6) is 0 Å². The molecule has 0 unspecified atom stereocenters. The maximum absolute atomic E-state index is 13.9. The van der Waals surface area contributed by atoms with E-state index in [4.69, 9.17) is 0 Å². The number of carbonyl (C=O) groups is 3. The largest absolute Gasteiger partial charge is 0.347 e. The fraction of sp³-hybridized carbons (Fsp3) is 0.552. The van der Waals surface area contributed by atoms with E-state index in [2.05, 4.69) is 22.9 Å². The third-order valence-electron chi connectivity index (χ3n) is 8.06. The number of likely N-dealkylation sites (N-methyl/N-ethyl adjacent to an activating group) is 1. The van der Waals surface area contributed by atoms with E-state index in [9.17, 15) is 14.4 Å². The highest BCUT2D eigenvalue weighted by atomic mass is 16.2. The van der Waals surface area contributed by atoms with E-state index in [0.29, 0.717) is 18.0 Å². The molecule has 1 aliphatic carbocycles. The van der Waals surface area contributed by atoms with Crippen molar-refractivity contribution in [2.75, 3.05) is 13.6 Å². The van der Waals surface area contributed by atoms with Gasteiger partial charge >= 0.3 is 0 Å². The van der Waals surface area contributed by atoms with Gasteiger partial charge in [-0.15, -0.1) is 0 Å². The van der Waals surface area contributed by atoms with Crippen molar-refractivity contribution in [2.45, 2.75) is 78.0 Å². The maximum atomic E-state index is 13.9. The summed E-state index contributed by atoms with van der Waals surface area (Å²) in [4.78, 5) is 41.9. The first kappa shape index (κ1) is 26.1. The highest BCUT2D eigenvalue weighted by Gasteiger charge is 2.49. The van der Waals surface area contributed by atoms with Crippen LogP contribution in [0.25, 0.3) is 10.8 Å². The molecule has 1 heterocycles. The number of nitrogens with one attached hydrogen (secondary N) is 3. The van der Waals surface area contributed by atoms with Crippen molar-refractivity contribution in [3.8, 4) is 0 Å². The third-order valence-corrected chi connectivity index (χ3v) is 8.06. The summed E-state index contributed by atoms with van der Waals surface area (Å²) in [6, 6.07) is 10.7. The molecule has 3 amide bonds. The number of fused-ring (bicyclic) bond motifs is 2. The smallest absolute Gasteiger partial charge is 0.252 e. The number of amides is 3. The number of rotatable bonds is 6. The van der Waals surface area contributed by atoms with Crippen molar-refractivity contribution >= 4 is 28.5 Å². The van der Waals surface area contributed by atoms with Crippen LogP contribution >= 0.6 is 0 Å². The van der Waals surface area contributed by atoms with Crippen molar-refractivity contribution in [1.29, 1.82) is 0 Å². The summed E-state index contributed by atoms with van der Waals surface area (Å²) in [6.45, 7) is 10.4. The number of benzene rings is 2. The van der Waals surface area contributed by atoms with Crippen molar-refractivity contribution in [3.63, 3.8) is 0 Å². The van der Waals surface area contributed by atoms with Gasteiger partial charge in [0.25, 0.3) is 5.91 Å². The summed E-state index contributed by atoms with van der Waals surface area (Å²) in [5.41, 5.74) is 1.35. The zero-order chi connectivity index (χ0) is 26.2. The fourth-order valence-electron chi connectivity index (χ4n) is 5.83. The molecule has 1 saturated carbocycles. The third kappa shape index (κ3) is 4.99. The Bertz CT molecular complexity index is 1150. The Kier molecular flexibility index (Phi) is 7.41. The van der Waals surface area contributed by atoms with Gasteiger partial charge in [-0.3, -0.25) is 14.4 Å². The highest BCUT2D eigenvalue weighted by Crippen LogP contribution is 2.39. The van der Waals surface area contributed by atoms with Crippen LogP contribution in [0, 0.1) is 18.3 Å². The van der Waals surface area contributed by atoms with Crippen molar-refractivity contribution < 1.29 is 14.4 Å². The fourth-order valence-corrected chi connectivity index (χ4v) is 5.83. The van der Waals surface area contributed by atoms with Crippen LogP contribution in [-0.2, 0) is 9.59 Å². The molecule has 4 rings (SSSR count). The summed E-state index contributed by atoms with van der Waals surface area (Å²) < 4.78 is 0. The number of aryl methyl sites for hydroxylation is 1. The molecule has 7 nitrogen and oxygen atoms in total. The first-order valence-electron chi connectivity index (χ1n) is 13.1. The van der Waals surface area contributed by atoms with Crippen molar-refractivity contribution in [2.24, 2.45) is 11.3 Å². The minimum absolute atomic E-state index is 0.0540. The molecule has 2 aliphatic rings. The molecule has 0 spiro atoms. The molecule has 5 atom stereocenters. The number of hydrogen-bond donors (Lipinski definition) is 3. The molecule has 0 aromatic heterocycles. The van der Waals surface area contributed by atoms with E-state index in [1.807, 2.05) is 62.1 Å². The average molecular weight is 493 g/mol. The van der Waals surface area contributed by atoms with E-state index in [1.54, 1.807) is 14.0 Å². The molecular formula is C29H40N4O3. The Labute approximate surface area is 214 Å². The summed E-state index contributed by atoms with van der Waals surface area (Å²) in [5, 5.41) is 11.2. The van der Waals surface area contributed by atoms with Crippen LogP contribution in [0.3, 0.4) is 0 Å². The Balaban J connectivity index is 1.55. The normalized spacial score (nSPS) is 23.3. The molecular weight excluding hydrogens is 452 g/mol. The Morgan fingerprint density at radius 2 is 1.69 bits per heavy atom. The zero-order valence-corrected chi connectivity index (χ0v) is 22.4. The van der Waals surface area contributed by atoms with Crippen molar-refractivity contribution in [1.82, 2.24) is 20.9 Å². The molecule has 2 fully saturated rings. The van der Waals surface area contributed by atoms with Gasteiger partial charge in [0.15, 0.2) is 0 Å². The van der Waals surface area contributed by atoms with Crippen LogP contribution < -0.4 is 16.0 Å². The molecule has 7 heteroatoms. The quantitative estimate of drug-likeness (QED) is 0.577. The molecule has 2 aromatic rings. The van der Waals surface area contributed by atoms with Gasteiger partial charge in [0, 0.05) is 18.2 Å². The van der Waals surface area contributed by atoms with Gasteiger partial charge in [-0.1, -0.05) is 51.1 Å². The first-order chi connectivity index (χ1) is 17.0. The molecule has 3 N–H and O–H groups in total. The molecule has 1 aliphatic heterocycles. The molecule has 0 bridgehead atoms. The minimum Gasteiger partial charge on any atom is -0.347 e. The Morgan fingerprint density at radius 1 is 1.00 bits per heavy atom. The zero-order valence-electron chi connectivity index (χ0n) is 22.4. The number of likely N-dealkylation sites (tertiary alicyclic amines) is 1. The van der Waals surface area contributed by atoms with Crippen molar-refractivity contribution in [3.05, 3.63) is 47.5 Å². The molecule has 194 valence electrons. The van der Waals surface area contributed by atoms with Crippen LogP contribution in [0.2, 0.25) is 0 Å². The monoisotopic (exact) mass is 492 g/mol. The summed E-state index contributed by atoms with van der Waals surface area (Å²) in [7, 11) is 1.73. The lowest BCUT2D eigenvalue weighted by Crippen LogP contribution is -2.60. The summed E-state index contributed by atoms with van der Waals surface area (Å²) >= 11 is 0. The first-order valence-corrected chi connectivity index (χ1v) is 13.1. The second-order valence-electron chi connectivity index (χ2n) is 11.5. The van der Waals surface area contributed by atoms with Crippen LogP contribution in [0.4, 0.5) is 0 Å². The second-order valence-corrected chi connectivity index (χ2v) is 11.5. The standard InChI is InChI=1S/C29H40N4O3/c1-17-11-13-22(21-10-8-7-9-20(17)21)27(35)31-23-14-12-19-15-16-33(24(19)23)28(36)25(29(3,4)5)32-26(34)18(2)30-6/h7-11,13,18-19,23-25,30H,12,14-16H2,1-6H3,(H,31,35)(H,32,34)/t18-,19+,23-,24-,25+/m0/s1.